The van der Waals surface area contributed by atoms with E-state index in [4.69, 9.17) is 4.74 Å². The Morgan fingerprint density at radius 2 is 1.75 bits per heavy atom. The minimum Gasteiger partial charge on any atom is -0.444 e. The summed E-state index contributed by atoms with van der Waals surface area (Å²) in [5.74, 6) is -0.0999. The number of aliphatic hydroxyl groups excluding tert-OH is 1. The molecule has 2 atom stereocenters. The van der Waals surface area contributed by atoms with Crippen LogP contribution in [0.4, 0.5) is 10.5 Å². The van der Waals surface area contributed by atoms with Gasteiger partial charge in [-0.05, 0) is 44.7 Å². The molecular weight excluding hydrogens is 486 g/mol. The Morgan fingerprint density at radius 1 is 1.11 bits per heavy atom. The van der Waals surface area contributed by atoms with Crippen LogP contribution in [0.25, 0.3) is 0 Å². The predicted molar refractivity (Wildman–Crippen MR) is 136 cm³/mol. The molecule has 0 saturated carbocycles. The summed E-state index contributed by atoms with van der Waals surface area (Å²) < 4.78 is 33.3. The average Bonchev–Trinajstić information content (AvgIpc) is 2.77. The third-order valence-corrected chi connectivity index (χ3v) is 6.92. The number of hydrogen-bond donors (Lipinski definition) is 2. The molecule has 2 unspecified atom stereocenters. The van der Waals surface area contributed by atoms with Gasteiger partial charge in [0.25, 0.3) is 5.69 Å². The Labute approximate surface area is 212 Å². The van der Waals surface area contributed by atoms with Gasteiger partial charge >= 0.3 is 6.09 Å². The summed E-state index contributed by atoms with van der Waals surface area (Å²) >= 11 is 0. The lowest BCUT2D eigenvalue weighted by molar-refractivity contribution is -0.385. The van der Waals surface area contributed by atoms with Crippen LogP contribution >= 0.6 is 0 Å². The summed E-state index contributed by atoms with van der Waals surface area (Å²) in [7, 11) is -4.19. The lowest BCUT2D eigenvalue weighted by atomic mass is 10.0. The first-order chi connectivity index (χ1) is 16.7. The van der Waals surface area contributed by atoms with Crippen LogP contribution in [0.5, 0.6) is 0 Å². The number of carbonyl (C=O) groups excluding carboxylic acids is 1. The molecule has 0 heterocycles. The van der Waals surface area contributed by atoms with Gasteiger partial charge in [-0.2, -0.15) is 4.31 Å². The van der Waals surface area contributed by atoms with E-state index in [9.17, 15) is 28.4 Å². The minimum atomic E-state index is -4.19. The Bertz CT molecular complexity index is 1130. The van der Waals surface area contributed by atoms with Gasteiger partial charge in [0.15, 0.2) is 0 Å². The topological polar surface area (TPSA) is 139 Å². The highest BCUT2D eigenvalue weighted by atomic mass is 32.2. The zero-order chi connectivity index (χ0) is 27.1. The van der Waals surface area contributed by atoms with Crippen molar-refractivity contribution >= 4 is 21.8 Å². The molecule has 2 N–H and O–H groups in total. The molecule has 0 aliphatic carbocycles. The van der Waals surface area contributed by atoms with E-state index >= 15 is 0 Å². The lowest BCUT2D eigenvalue weighted by Gasteiger charge is -2.31. The highest BCUT2D eigenvalue weighted by molar-refractivity contribution is 7.89. The van der Waals surface area contributed by atoms with Gasteiger partial charge in [-0.15, -0.1) is 0 Å². The lowest BCUT2D eigenvalue weighted by Crippen LogP contribution is -2.51. The smallest absolute Gasteiger partial charge is 0.407 e. The number of non-ortho nitro benzene ring substituents is 1. The minimum absolute atomic E-state index is 0.0621. The largest absolute Gasteiger partial charge is 0.444 e. The molecule has 0 aromatic heterocycles. The SMILES string of the molecule is CC(C)CN(CC(O)C(Cc1ccccc1)NC(=O)OC(C)(C)C)S(=O)(=O)c1cccc([N+](=O)[O-])c1. The van der Waals surface area contributed by atoms with Crippen molar-refractivity contribution in [2.45, 2.75) is 63.7 Å². The van der Waals surface area contributed by atoms with Gasteiger partial charge in [0.05, 0.1) is 22.0 Å². The van der Waals surface area contributed by atoms with Gasteiger partial charge in [0.1, 0.15) is 5.60 Å². The van der Waals surface area contributed by atoms with E-state index in [1.807, 2.05) is 44.2 Å². The average molecular weight is 522 g/mol. The molecule has 0 spiro atoms. The van der Waals surface area contributed by atoms with Crippen molar-refractivity contribution in [3.63, 3.8) is 0 Å². The number of aliphatic hydroxyl groups is 1. The van der Waals surface area contributed by atoms with Crippen LogP contribution in [0, 0.1) is 16.0 Å². The Kier molecular flexibility index (Phi) is 9.97. The maximum Gasteiger partial charge on any atom is 0.407 e. The van der Waals surface area contributed by atoms with Crippen molar-refractivity contribution in [2.24, 2.45) is 5.92 Å². The van der Waals surface area contributed by atoms with Crippen molar-refractivity contribution in [3.8, 4) is 0 Å². The molecule has 198 valence electrons. The number of benzene rings is 2. The normalized spacial score (nSPS) is 13.9. The molecule has 2 rings (SSSR count). The van der Waals surface area contributed by atoms with Gasteiger partial charge in [0.2, 0.25) is 10.0 Å². The quantitative estimate of drug-likeness (QED) is 0.339. The maximum absolute atomic E-state index is 13.4. The molecule has 0 saturated heterocycles. The van der Waals surface area contributed by atoms with E-state index in [0.717, 1.165) is 15.9 Å². The summed E-state index contributed by atoms with van der Waals surface area (Å²) in [4.78, 5) is 22.8. The van der Waals surface area contributed by atoms with Gasteiger partial charge in [0, 0.05) is 25.2 Å². The number of hydrogen-bond acceptors (Lipinski definition) is 7. The van der Waals surface area contributed by atoms with E-state index in [-0.39, 0.29) is 36.0 Å². The summed E-state index contributed by atoms with van der Waals surface area (Å²) in [6.45, 7) is 8.51. The highest BCUT2D eigenvalue weighted by Crippen LogP contribution is 2.23. The molecule has 1 amide bonds. The maximum atomic E-state index is 13.4. The second kappa shape index (κ2) is 12.3. The van der Waals surface area contributed by atoms with Crippen molar-refractivity contribution in [2.75, 3.05) is 13.1 Å². The zero-order valence-corrected chi connectivity index (χ0v) is 22.1. The van der Waals surface area contributed by atoms with Crippen molar-refractivity contribution in [1.82, 2.24) is 9.62 Å². The van der Waals surface area contributed by atoms with Crippen molar-refractivity contribution in [3.05, 3.63) is 70.3 Å². The van der Waals surface area contributed by atoms with Gasteiger partial charge in [-0.1, -0.05) is 50.2 Å². The third kappa shape index (κ3) is 8.89. The van der Waals surface area contributed by atoms with E-state index in [2.05, 4.69) is 5.32 Å². The first-order valence-corrected chi connectivity index (χ1v) is 13.1. The van der Waals surface area contributed by atoms with Crippen LogP contribution in [0.15, 0.2) is 59.5 Å². The fourth-order valence-corrected chi connectivity index (χ4v) is 5.19. The molecule has 11 heteroatoms. The van der Waals surface area contributed by atoms with Crippen LogP contribution in [0.1, 0.15) is 40.2 Å². The van der Waals surface area contributed by atoms with E-state index in [1.165, 1.54) is 18.2 Å². The Hall–Kier alpha value is -3.02. The zero-order valence-electron chi connectivity index (χ0n) is 21.2. The number of rotatable bonds is 11. The van der Waals surface area contributed by atoms with Gasteiger partial charge < -0.3 is 15.2 Å². The number of nitro benzene ring substituents is 1. The summed E-state index contributed by atoms with van der Waals surface area (Å²) in [5.41, 5.74) is -0.286. The number of nitrogens with one attached hydrogen (secondary N) is 1. The van der Waals surface area contributed by atoms with Crippen LogP contribution in [-0.4, -0.2) is 59.7 Å². The second-order valence-corrected chi connectivity index (χ2v) is 11.9. The molecule has 10 nitrogen and oxygen atoms in total. The first-order valence-electron chi connectivity index (χ1n) is 11.6. The summed E-state index contributed by atoms with van der Waals surface area (Å²) in [6.07, 6.45) is -1.81. The third-order valence-electron chi connectivity index (χ3n) is 5.09. The van der Waals surface area contributed by atoms with Gasteiger partial charge in [-0.25, -0.2) is 13.2 Å². The molecule has 0 bridgehead atoms. The standard InChI is InChI=1S/C25H35N3O7S/c1-18(2)16-27(36(33,34)21-13-9-12-20(15-21)28(31)32)17-23(29)22(14-19-10-7-6-8-11-19)26-24(30)35-25(3,4)5/h6-13,15,18,22-23,29H,14,16-17H2,1-5H3,(H,26,30). The molecule has 0 radical (unpaired) electrons. The molecule has 0 aliphatic heterocycles. The van der Waals surface area contributed by atoms with Crippen molar-refractivity contribution in [1.29, 1.82) is 0 Å². The van der Waals surface area contributed by atoms with Crippen molar-refractivity contribution < 1.29 is 28.0 Å². The first kappa shape index (κ1) is 29.2. The number of alkyl carbamates (subject to hydrolysis) is 1. The van der Waals surface area contributed by atoms with E-state index < -0.39 is 38.8 Å². The monoisotopic (exact) mass is 521 g/mol. The molecule has 2 aromatic rings. The molecular formula is C25H35N3O7S. The molecule has 36 heavy (non-hydrogen) atoms. The van der Waals surface area contributed by atoms with Crippen LogP contribution < -0.4 is 5.32 Å². The molecule has 0 fully saturated rings. The Balaban J connectivity index is 2.36. The van der Waals surface area contributed by atoms with Gasteiger partial charge in [-0.3, -0.25) is 10.1 Å². The van der Waals surface area contributed by atoms with E-state index in [0.29, 0.717) is 0 Å². The number of nitrogens with zero attached hydrogens (tertiary/aromatic N) is 2. The number of amides is 1. The van der Waals surface area contributed by atoms with Crippen LogP contribution in [0.3, 0.4) is 0 Å². The number of carbonyl (C=O) groups is 1. The van der Waals surface area contributed by atoms with Crippen LogP contribution in [0.2, 0.25) is 0 Å². The second-order valence-electron chi connectivity index (χ2n) is 9.98. The fraction of sp³-hybridized carbons (Fsp3) is 0.480. The number of sulfonamides is 1. The molecule has 2 aromatic carbocycles. The van der Waals surface area contributed by atoms with Crippen LogP contribution in [-0.2, 0) is 21.2 Å². The molecule has 0 aliphatic rings. The predicted octanol–water partition coefficient (Wildman–Crippen LogP) is 3.74. The fourth-order valence-electron chi connectivity index (χ4n) is 3.53. The Morgan fingerprint density at radius 3 is 2.31 bits per heavy atom. The summed E-state index contributed by atoms with van der Waals surface area (Å²) in [5, 5.41) is 25.0. The summed E-state index contributed by atoms with van der Waals surface area (Å²) in [6, 6.07) is 13.1. The number of ether oxygens (including phenoxy) is 1. The van der Waals surface area contributed by atoms with E-state index in [1.54, 1.807) is 20.8 Å². The number of nitro groups is 1. The highest BCUT2D eigenvalue weighted by Gasteiger charge is 2.32.